The zero-order valence-electron chi connectivity index (χ0n) is 14.4. The van der Waals surface area contributed by atoms with Gasteiger partial charge in [-0.1, -0.05) is 12.1 Å². The van der Waals surface area contributed by atoms with Gasteiger partial charge in [0.25, 0.3) is 0 Å². The zero-order chi connectivity index (χ0) is 17.4. The minimum absolute atomic E-state index is 0.252. The largest absolute Gasteiger partial charge is 0.381 e. The standard InChI is InChI=1S/C18H23FN4OS/c1-24-14-8-10-21(11-9-14)12-22-18(25)23(13-6-7-13)17(20-22)15-4-2-3-5-16(15)19/h2-5,13-14H,6-12H2,1H3. The Hall–Kier alpha value is -1.57. The van der Waals surface area contributed by atoms with Crippen LogP contribution in [0, 0.1) is 10.6 Å². The number of nitrogens with zero attached hydrogens (tertiary/aromatic N) is 4. The molecule has 25 heavy (non-hydrogen) atoms. The monoisotopic (exact) mass is 362 g/mol. The minimum atomic E-state index is -0.252. The number of aromatic nitrogens is 3. The lowest BCUT2D eigenvalue weighted by atomic mass is 10.1. The fourth-order valence-corrected chi connectivity index (χ4v) is 3.81. The van der Waals surface area contributed by atoms with Crippen LogP contribution < -0.4 is 0 Å². The number of piperidine rings is 1. The van der Waals surface area contributed by atoms with E-state index in [1.54, 1.807) is 19.2 Å². The fraction of sp³-hybridized carbons (Fsp3) is 0.556. The summed E-state index contributed by atoms with van der Waals surface area (Å²) in [4.78, 5) is 2.33. The molecule has 0 atom stereocenters. The third kappa shape index (κ3) is 3.41. The third-order valence-electron chi connectivity index (χ3n) is 5.10. The number of hydrogen-bond donors (Lipinski definition) is 0. The van der Waals surface area contributed by atoms with Crippen molar-refractivity contribution >= 4 is 12.2 Å². The topological polar surface area (TPSA) is 35.2 Å². The minimum Gasteiger partial charge on any atom is -0.381 e. The lowest BCUT2D eigenvalue weighted by Gasteiger charge is -2.30. The van der Waals surface area contributed by atoms with Crippen LogP contribution in [0.3, 0.4) is 0 Å². The summed E-state index contributed by atoms with van der Waals surface area (Å²) < 4.78 is 24.3. The van der Waals surface area contributed by atoms with Gasteiger partial charge in [-0.15, -0.1) is 0 Å². The fourth-order valence-electron chi connectivity index (χ4n) is 3.48. The zero-order valence-corrected chi connectivity index (χ0v) is 15.2. The van der Waals surface area contributed by atoms with Crippen molar-refractivity contribution in [3.8, 4) is 11.4 Å². The van der Waals surface area contributed by atoms with Crippen molar-refractivity contribution in [3.05, 3.63) is 34.9 Å². The van der Waals surface area contributed by atoms with Crippen LogP contribution in [0.4, 0.5) is 4.39 Å². The second-order valence-corrected chi connectivity index (χ2v) is 7.25. The van der Waals surface area contributed by atoms with Crippen molar-refractivity contribution in [1.82, 2.24) is 19.2 Å². The summed E-state index contributed by atoms with van der Waals surface area (Å²) in [5.41, 5.74) is 0.525. The van der Waals surface area contributed by atoms with Crippen molar-refractivity contribution in [2.24, 2.45) is 0 Å². The summed E-state index contributed by atoms with van der Waals surface area (Å²) in [5.74, 6) is 0.398. The SMILES string of the molecule is COC1CCN(Cn2nc(-c3ccccc3F)n(C3CC3)c2=S)CC1. The molecule has 5 nitrogen and oxygen atoms in total. The predicted molar refractivity (Wildman–Crippen MR) is 96.3 cm³/mol. The van der Waals surface area contributed by atoms with Gasteiger partial charge in [0.05, 0.1) is 18.3 Å². The van der Waals surface area contributed by atoms with Crippen molar-refractivity contribution in [3.63, 3.8) is 0 Å². The van der Waals surface area contributed by atoms with E-state index in [-0.39, 0.29) is 5.82 Å². The second-order valence-electron chi connectivity index (χ2n) is 6.88. The molecule has 0 bridgehead atoms. The molecule has 2 heterocycles. The van der Waals surface area contributed by atoms with E-state index in [9.17, 15) is 4.39 Å². The van der Waals surface area contributed by atoms with Crippen LogP contribution in [-0.4, -0.2) is 45.6 Å². The second kappa shape index (κ2) is 6.97. The first-order valence-corrected chi connectivity index (χ1v) is 9.27. The number of hydrogen-bond acceptors (Lipinski definition) is 4. The third-order valence-corrected chi connectivity index (χ3v) is 5.51. The maximum absolute atomic E-state index is 14.3. The van der Waals surface area contributed by atoms with E-state index in [1.807, 2.05) is 15.3 Å². The predicted octanol–water partition coefficient (Wildman–Crippen LogP) is 3.62. The number of likely N-dealkylation sites (tertiary alicyclic amines) is 1. The summed E-state index contributed by atoms with van der Waals surface area (Å²) >= 11 is 5.68. The first-order chi connectivity index (χ1) is 12.2. The van der Waals surface area contributed by atoms with Gasteiger partial charge in [0.1, 0.15) is 5.82 Å². The summed E-state index contributed by atoms with van der Waals surface area (Å²) in [5, 5.41) is 4.70. The molecule has 134 valence electrons. The molecular formula is C18H23FN4OS. The quantitative estimate of drug-likeness (QED) is 0.761. The Kier molecular flexibility index (Phi) is 4.71. The van der Waals surface area contributed by atoms with Gasteiger partial charge in [-0.25, -0.2) is 9.07 Å². The molecule has 1 saturated carbocycles. The first-order valence-electron chi connectivity index (χ1n) is 8.86. The molecule has 2 fully saturated rings. The van der Waals surface area contributed by atoms with E-state index >= 15 is 0 Å². The van der Waals surface area contributed by atoms with Crippen molar-refractivity contribution in [2.45, 2.75) is 44.5 Å². The Labute approximate surface area is 152 Å². The van der Waals surface area contributed by atoms with Gasteiger partial charge >= 0.3 is 0 Å². The lowest BCUT2D eigenvalue weighted by molar-refractivity contribution is 0.0301. The van der Waals surface area contributed by atoms with Gasteiger partial charge in [-0.3, -0.25) is 9.47 Å². The number of ether oxygens (including phenoxy) is 1. The van der Waals surface area contributed by atoms with Gasteiger partial charge in [0.2, 0.25) is 0 Å². The molecule has 1 aliphatic heterocycles. The molecule has 0 radical (unpaired) electrons. The molecule has 4 rings (SSSR count). The van der Waals surface area contributed by atoms with E-state index < -0.39 is 0 Å². The lowest BCUT2D eigenvalue weighted by Crippen LogP contribution is -2.38. The molecule has 7 heteroatoms. The Bertz CT molecular complexity index is 806. The van der Waals surface area contributed by atoms with Crippen molar-refractivity contribution < 1.29 is 9.13 Å². The van der Waals surface area contributed by atoms with Gasteiger partial charge < -0.3 is 4.74 Å². The molecule has 1 aromatic heterocycles. The highest BCUT2D eigenvalue weighted by atomic mass is 32.1. The van der Waals surface area contributed by atoms with Gasteiger partial charge in [-0.05, 0) is 50.0 Å². The summed E-state index contributed by atoms with van der Waals surface area (Å²) in [6.07, 6.45) is 4.56. The van der Waals surface area contributed by atoms with E-state index in [1.165, 1.54) is 6.07 Å². The highest BCUT2D eigenvalue weighted by molar-refractivity contribution is 7.71. The summed E-state index contributed by atoms with van der Waals surface area (Å²) in [6, 6.07) is 7.15. The normalized spacial score (nSPS) is 19.4. The van der Waals surface area contributed by atoms with Crippen LogP contribution in [0.15, 0.2) is 24.3 Å². The Morgan fingerprint density at radius 1 is 1.20 bits per heavy atom. The van der Waals surface area contributed by atoms with E-state index in [4.69, 9.17) is 22.1 Å². The van der Waals surface area contributed by atoms with Crippen LogP contribution in [0.2, 0.25) is 0 Å². The van der Waals surface area contributed by atoms with Crippen LogP contribution in [0.1, 0.15) is 31.7 Å². The Morgan fingerprint density at radius 3 is 2.56 bits per heavy atom. The highest BCUT2D eigenvalue weighted by Crippen LogP contribution is 2.39. The Balaban J connectivity index is 1.63. The highest BCUT2D eigenvalue weighted by Gasteiger charge is 2.30. The molecule has 0 unspecified atom stereocenters. The molecule has 0 amide bonds. The number of rotatable bonds is 5. The smallest absolute Gasteiger partial charge is 0.199 e. The van der Waals surface area contributed by atoms with E-state index in [2.05, 4.69) is 4.90 Å². The van der Waals surface area contributed by atoms with Crippen LogP contribution in [-0.2, 0) is 11.4 Å². The van der Waals surface area contributed by atoms with Crippen molar-refractivity contribution in [2.75, 3.05) is 20.2 Å². The summed E-state index contributed by atoms with van der Waals surface area (Å²) in [7, 11) is 1.77. The van der Waals surface area contributed by atoms with Gasteiger partial charge in [0, 0.05) is 26.2 Å². The first kappa shape index (κ1) is 16.9. The van der Waals surface area contributed by atoms with E-state index in [0.29, 0.717) is 35.0 Å². The molecule has 2 aromatic rings. The maximum atomic E-state index is 14.3. The molecule has 0 N–H and O–H groups in total. The molecule has 1 aromatic carbocycles. The van der Waals surface area contributed by atoms with Crippen LogP contribution in [0.25, 0.3) is 11.4 Å². The van der Waals surface area contributed by atoms with Crippen LogP contribution >= 0.6 is 12.2 Å². The van der Waals surface area contributed by atoms with Gasteiger partial charge in [0.15, 0.2) is 10.6 Å². The number of benzene rings is 1. The molecule has 2 aliphatic rings. The molecule has 1 saturated heterocycles. The number of methoxy groups -OCH3 is 1. The Morgan fingerprint density at radius 2 is 1.92 bits per heavy atom. The van der Waals surface area contributed by atoms with E-state index in [0.717, 1.165) is 38.8 Å². The molecule has 1 aliphatic carbocycles. The number of halogens is 1. The maximum Gasteiger partial charge on any atom is 0.199 e. The molecule has 0 spiro atoms. The molecular weight excluding hydrogens is 339 g/mol. The average molecular weight is 362 g/mol. The van der Waals surface area contributed by atoms with Crippen LogP contribution in [0.5, 0.6) is 0 Å². The van der Waals surface area contributed by atoms with Crippen molar-refractivity contribution in [1.29, 1.82) is 0 Å². The summed E-state index contributed by atoms with van der Waals surface area (Å²) in [6.45, 7) is 2.58. The average Bonchev–Trinajstić information content (AvgIpc) is 3.41. The van der Waals surface area contributed by atoms with Gasteiger partial charge in [-0.2, -0.15) is 5.10 Å².